The maximum atomic E-state index is 12.0. The summed E-state index contributed by atoms with van der Waals surface area (Å²) in [7, 11) is 0. The van der Waals surface area contributed by atoms with Gasteiger partial charge in [0.25, 0.3) is 0 Å². The van der Waals surface area contributed by atoms with Crippen LogP contribution in [0.5, 0.6) is 0 Å². The van der Waals surface area contributed by atoms with E-state index in [9.17, 15) is 4.79 Å². The molecular weight excluding hydrogens is 367 g/mol. The standard InChI is InChI=1S/C16H18Cl2N4OS/c1-3-8-22-14(4-2)20-21-16(22)24-9-7-15(23)19-13-6-5-11(17)10-12(13)18/h3,5-6,10H,1,4,7-9H2,2H3,(H,19,23). The molecule has 2 aromatic rings. The molecule has 0 aliphatic carbocycles. The third-order valence-electron chi connectivity index (χ3n) is 3.19. The Morgan fingerprint density at radius 3 is 2.88 bits per heavy atom. The van der Waals surface area contributed by atoms with Crippen LogP contribution in [-0.2, 0) is 17.8 Å². The van der Waals surface area contributed by atoms with Gasteiger partial charge < -0.3 is 9.88 Å². The van der Waals surface area contributed by atoms with Crippen LogP contribution in [0, 0.1) is 0 Å². The van der Waals surface area contributed by atoms with Gasteiger partial charge in [-0.15, -0.1) is 16.8 Å². The molecule has 0 spiro atoms. The minimum absolute atomic E-state index is 0.114. The number of nitrogens with zero attached hydrogens (tertiary/aromatic N) is 3. The van der Waals surface area contributed by atoms with Crippen molar-refractivity contribution in [3.05, 3.63) is 46.7 Å². The van der Waals surface area contributed by atoms with Crippen molar-refractivity contribution in [2.24, 2.45) is 0 Å². The second-order valence-corrected chi connectivity index (χ2v) is 6.83. The fraction of sp³-hybridized carbons (Fsp3) is 0.312. The van der Waals surface area contributed by atoms with Crippen LogP contribution in [0.15, 0.2) is 36.0 Å². The maximum Gasteiger partial charge on any atom is 0.225 e. The van der Waals surface area contributed by atoms with E-state index in [-0.39, 0.29) is 5.91 Å². The average molecular weight is 385 g/mol. The summed E-state index contributed by atoms with van der Waals surface area (Å²) in [5, 5.41) is 12.8. The van der Waals surface area contributed by atoms with Crippen LogP contribution in [0.25, 0.3) is 0 Å². The number of benzene rings is 1. The SMILES string of the molecule is C=CCn1c(CC)nnc1SCCC(=O)Nc1ccc(Cl)cc1Cl. The zero-order chi connectivity index (χ0) is 17.5. The number of carbonyl (C=O) groups is 1. The fourth-order valence-corrected chi connectivity index (χ4v) is 3.40. The molecule has 0 bridgehead atoms. The molecule has 128 valence electrons. The maximum absolute atomic E-state index is 12.0. The van der Waals surface area contributed by atoms with E-state index in [4.69, 9.17) is 23.2 Å². The van der Waals surface area contributed by atoms with Crippen molar-refractivity contribution in [2.45, 2.75) is 31.5 Å². The average Bonchev–Trinajstić information content (AvgIpc) is 2.93. The first-order chi connectivity index (χ1) is 11.5. The van der Waals surface area contributed by atoms with E-state index in [1.165, 1.54) is 11.8 Å². The Morgan fingerprint density at radius 1 is 1.42 bits per heavy atom. The first kappa shape index (κ1) is 18.8. The molecule has 0 saturated heterocycles. The summed E-state index contributed by atoms with van der Waals surface area (Å²) in [5.74, 6) is 1.39. The van der Waals surface area contributed by atoms with Crippen LogP contribution in [0.4, 0.5) is 5.69 Å². The summed E-state index contributed by atoms with van der Waals surface area (Å²) >= 11 is 13.4. The lowest BCUT2D eigenvalue weighted by atomic mass is 10.3. The molecule has 1 aromatic carbocycles. The van der Waals surface area contributed by atoms with Crippen LogP contribution < -0.4 is 5.32 Å². The largest absolute Gasteiger partial charge is 0.325 e. The van der Waals surface area contributed by atoms with Crippen molar-refractivity contribution in [1.82, 2.24) is 14.8 Å². The molecule has 0 aliphatic rings. The van der Waals surface area contributed by atoms with E-state index in [2.05, 4.69) is 22.1 Å². The highest BCUT2D eigenvalue weighted by molar-refractivity contribution is 7.99. The van der Waals surface area contributed by atoms with Gasteiger partial charge in [0, 0.05) is 30.2 Å². The summed E-state index contributed by atoms with van der Waals surface area (Å²) in [4.78, 5) is 12.0. The molecule has 5 nitrogen and oxygen atoms in total. The zero-order valence-corrected chi connectivity index (χ0v) is 15.6. The number of amides is 1. The highest BCUT2D eigenvalue weighted by Gasteiger charge is 2.12. The van der Waals surface area contributed by atoms with Crippen molar-refractivity contribution in [3.63, 3.8) is 0 Å². The second-order valence-electron chi connectivity index (χ2n) is 4.92. The molecule has 0 unspecified atom stereocenters. The molecule has 0 saturated carbocycles. The Balaban J connectivity index is 1.88. The van der Waals surface area contributed by atoms with Gasteiger partial charge >= 0.3 is 0 Å². The lowest BCUT2D eigenvalue weighted by molar-refractivity contribution is -0.115. The van der Waals surface area contributed by atoms with Gasteiger partial charge in [-0.25, -0.2) is 0 Å². The van der Waals surface area contributed by atoms with E-state index in [0.717, 1.165) is 17.4 Å². The molecule has 0 aliphatic heterocycles. The van der Waals surface area contributed by atoms with E-state index in [0.29, 0.717) is 34.5 Å². The Labute approximate surface area is 155 Å². The molecule has 1 amide bonds. The number of allylic oxidation sites excluding steroid dienone is 1. The van der Waals surface area contributed by atoms with Gasteiger partial charge in [0.1, 0.15) is 5.82 Å². The van der Waals surface area contributed by atoms with Crippen molar-refractivity contribution >= 4 is 46.6 Å². The predicted molar refractivity (Wildman–Crippen MR) is 100 cm³/mol. The van der Waals surface area contributed by atoms with Gasteiger partial charge in [-0.3, -0.25) is 4.79 Å². The molecule has 2 rings (SSSR count). The number of aromatic nitrogens is 3. The van der Waals surface area contributed by atoms with Crippen molar-refractivity contribution in [1.29, 1.82) is 0 Å². The van der Waals surface area contributed by atoms with Gasteiger partial charge in [-0.1, -0.05) is 48.0 Å². The topological polar surface area (TPSA) is 59.8 Å². The molecule has 24 heavy (non-hydrogen) atoms. The smallest absolute Gasteiger partial charge is 0.225 e. The van der Waals surface area contributed by atoms with Gasteiger partial charge in [0.15, 0.2) is 5.16 Å². The highest BCUT2D eigenvalue weighted by Crippen LogP contribution is 2.25. The molecule has 0 fully saturated rings. The monoisotopic (exact) mass is 384 g/mol. The number of hydrogen-bond acceptors (Lipinski definition) is 4. The summed E-state index contributed by atoms with van der Waals surface area (Å²) in [6.07, 6.45) is 2.95. The summed E-state index contributed by atoms with van der Waals surface area (Å²) in [6.45, 7) is 6.44. The van der Waals surface area contributed by atoms with E-state index in [1.807, 2.05) is 17.6 Å². The normalized spacial score (nSPS) is 10.6. The molecule has 0 radical (unpaired) electrons. The first-order valence-corrected chi connectivity index (χ1v) is 9.20. The van der Waals surface area contributed by atoms with Crippen LogP contribution >= 0.6 is 35.0 Å². The minimum Gasteiger partial charge on any atom is -0.325 e. The Kier molecular flexibility index (Phi) is 7.15. The quantitative estimate of drug-likeness (QED) is 0.539. The number of carbonyl (C=O) groups excluding carboxylic acids is 1. The van der Waals surface area contributed by atoms with Gasteiger partial charge in [0.05, 0.1) is 10.7 Å². The number of halogens is 2. The second kappa shape index (κ2) is 9.11. The lowest BCUT2D eigenvalue weighted by Crippen LogP contribution is -2.12. The summed E-state index contributed by atoms with van der Waals surface area (Å²) in [6, 6.07) is 4.96. The number of thioether (sulfide) groups is 1. The zero-order valence-electron chi connectivity index (χ0n) is 13.3. The molecule has 1 heterocycles. The van der Waals surface area contributed by atoms with E-state index < -0.39 is 0 Å². The molecule has 0 atom stereocenters. The van der Waals surface area contributed by atoms with Crippen LogP contribution in [-0.4, -0.2) is 26.4 Å². The fourth-order valence-electron chi connectivity index (χ4n) is 2.04. The minimum atomic E-state index is -0.114. The number of aryl methyl sites for hydroxylation is 1. The third kappa shape index (κ3) is 5.00. The van der Waals surface area contributed by atoms with Gasteiger partial charge in [-0.2, -0.15) is 0 Å². The first-order valence-electron chi connectivity index (χ1n) is 7.45. The van der Waals surface area contributed by atoms with Crippen molar-refractivity contribution < 1.29 is 4.79 Å². The van der Waals surface area contributed by atoms with Crippen LogP contribution in [0.2, 0.25) is 10.0 Å². The molecule has 8 heteroatoms. The third-order valence-corrected chi connectivity index (χ3v) is 4.70. The van der Waals surface area contributed by atoms with E-state index in [1.54, 1.807) is 18.2 Å². The van der Waals surface area contributed by atoms with Gasteiger partial charge in [-0.05, 0) is 18.2 Å². The molecule has 1 N–H and O–H groups in total. The lowest BCUT2D eigenvalue weighted by Gasteiger charge is -2.08. The Morgan fingerprint density at radius 2 is 2.21 bits per heavy atom. The van der Waals surface area contributed by atoms with Gasteiger partial charge in [0.2, 0.25) is 5.91 Å². The van der Waals surface area contributed by atoms with Crippen molar-refractivity contribution in [2.75, 3.05) is 11.1 Å². The Hall–Kier alpha value is -1.50. The van der Waals surface area contributed by atoms with E-state index >= 15 is 0 Å². The predicted octanol–water partition coefficient (Wildman–Crippen LogP) is 4.45. The highest BCUT2D eigenvalue weighted by atomic mass is 35.5. The number of anilines is 1. The number of hydrogen-bond donors (Lipinski definition) is 1. The summed E-state index contributed by atoms with van der Waals surface area (Å²) in [5.41, 5.74) is 0.555. The summed E-state index contributed by atoms with van der Waals surface area (Å²) < 4.78 is 2.01. The molecule has 1 aromatic heterocycles. The number of nitrogens with one attached hydrogen (secondary N) is 1. The van der Waals surface area contributed by atoms with Crippen molar-refractivity contribution in [3.8, 4) is 0 Å². The van der Waals surface area contributed by atoms with Crippen LogP contribution in [0.3, 0.4) is 0 Å². The Bertz CT molecular complexity index is 733. The van der Waals surface area contributed by atoms with Crippen LogP contribution in [0.1, 0.15) is 19.2 Å². The number of rotatable bonds is 8. The molecular formula is C16H18Cl2N4OS.